The van der Waals surface area contributed by atoms with E-state index in [1.165, 1.54) is 0 Å². The largest absolute Gasteiger partial charge is 0.310 e. The molecular formula is C10H18F4. The van der Waals surface area contributed by atoms with Gasteiger partial charge in [-0.3, -0.25) is 0 Å². The first kappa shape index (κ1) is 13.7. The molecule has 0 aliphatic heterocycles. The molecule has 0 amide bonds. The lowest BCUT2D eigenvalue weighted by molar-refractivity contribution is -0.216. The van der Waals surface area contributed by atoms with Crippen LogP contribution in [0.4, 0.5) is 17.6 Å². The maximum atomic E-state index is 13.0. The standard InChI is InChI=1S/C10H18F4/c1-3-5-7-9(11,12)10(13,14)8-6-4-2/h3-8H2,1-2H3. The molecule has 86 valence electrons. The van der Waals surface area contributed by atoms with Crippen LogP contribution in [0.3, 0.4) is 0 Å². The summed E-state index contributed by atoms with van der Waals surface area (Å²) in [6, 6.07) is 0. The van der Waals surface area contributed by atoms with Crippen molar-refractivity contribution in [2.45, 2.75) is 64.2 Å². The Bertz CT molecular complexity index is 136. The smallest absolute Gasteiger partial charge is 0.200 e. The summed E-state index contributed by atoms with van der Waals surface area (Å²) in [7, 11) is 0. The molecule has 0 heterocycles. The van der Waals surface area contributed by atoms with Crippen LogP contribution in [-0.4, -0.2) is 11.8 Å². The Labute approximate surface area is 82.7 Å². The molecule has 0 aliphatic carbocycles. The van der Waals surface area contributed by atoms with E-state index in [1.807, 2.05) is 0 Å². The summed E-state index contributed by atoms with van der Waals surface area (Å²) < 4.78 is 51.8. The monoisotopic (exact) mass is 214 g/mol. The first-order valence-electron chi connectivity index (χ1n) is 5.13. The zero-order valence-corrected chi connectivity index (χ0v) is 8.75. The highest BCUT2D eigenvalue weighted by atomic mass is 19.3. The number of hydrogen-bond donors (Lipinski definition) is 0. The average Bonchev–Trinajstić information content (AvgIpc) is 2.11. The minimum atomic E-state index is -3.84. The van der Waals surface area contributed by atoms with Crippen LogP contribution in [0, 0.1) is 0 Å². The van der Waals surface area contributed by atoms with Gasteiger partial charge in [0, 0.05) is 12.8 Å². The number of unbranched alkanes of at least 4 members (excludes halogenated alkanes) is 2. The molecule has 0 spiro atoms. The van der Waals surface area contributed by atoms with Crippen molar-refractivity contribution in [2.75, 3.05) is 0 Å². The second-order valence-electron chi connectivity index (χ2n) is 3.62. The molecule has 0 saturated heterocycles. The van der Waals surface area contributed by atoms with Crippen molar-refractivity contribution in [1.29, 1.82) is 0 Å². The van der Waals surface area contributed by atoms with E-state index in [0.29, 0.717) is 12.8 Å². The molecule has 0 aromatic rings. The van der Waals surface area contributed by atoms with Crippen LogP contribution in [0.2, 0.25) is 0 Å². The average molecular weight is 214 g/mol. The quantitative estimate of drug-likeness (QED) is 0.542. The summed E-state index contributed by atoms with van der Waals surface area (Å²) in [6.45, 7) is 3.42. The summed E-state index contributed by atoms with van der Waals surface area (Å²) in [5.74, 6) is -7.67. The third-order valence-electron chi connectivity index (χ3n) is 2.22. The van der Waals surface area contributed by atoms with Gasteiger partial charge in [0.25, 0.3) is 0 Å². The molecule has 0 nitrogen and oxygen atoms in total. The van der Waals surface area contributed by atoms with Gasteiger partial charge >= 0.3 is 11.8 Å². The van der Waals surface area contributed by atoms with Crippen molar-refractivity contribution >= 4 is 0 Å². The van der Waals surface area contributed by atoms with Crippen LogP contribution in [-0.2, 0) is 0 Å². The van der Waals surface area contributed by atoms with Gasteiger partial charge in [0.2, 0.25) is 0 Å². The third-order valence-corrected chi connectivity index (χ3v) is 2.22. The van der Waals surface area contributed by atoms with E-state index < -0.39 is 24.7 Å². The summed E-state index contributed by atoms with van der Waals surface area (Å²) in [5.41, 5.74) is 0. The highest BCUT2D eigenvalue weighted by Crippen LogP contribution is 2.41. The Morgan fingerprint density at radius 2 is 1.00 bits per heavy atom. The summed E-state index contributed by atoms with van der Waals surface area (Å²) >= 11 is 0. The molecule has 0 rings (SSSR count). The van der Waals surface area contributed by atoms with Crippen molar-refractivity contribution < 1.29 is 17.6 Å². The second-order valence-corrected chi connectivity index (χ2v) is 3.62. The number of rotatable bonds is 7. The molecule has 0 radical (unpaired) electrons. The van der Waals surface area contributed by atoms with Gasteiger partial charge in [-0.1, -0.05) is 26.7 Å². The molecule has 4 heteroatoms. The fraction of sp³-hybridized carbons (Fsp3) is 1.00. The maximum Gasteiger partial charge on any atom is 0.310 e. The normalized spacial score (nSPS) is 13.3. The highest BCUT2D eigenvalue weighted by molar-refractivity contribution is 4.84. The lowest BCUT2D eigenvalue weighted by atomic mass is 10.0. The van der Waals surface area contributed by atoms with Crippen LogP contribution in [0.1, 0.15) is 52.4 Å². The topological polar surface area (TPSA) is 0 Å². The van der Waals surface area contributed by atoms with Crippen molar-refractivity contribution in [2.24, 2.45) is 0 Å². The Morgan fingerprint density at radius 1 is 0.714 bits per heavy atom. The lowest BCUT2D eigenvalue weighted by Gasteiger charge is -2.26. The zero-order chi connectivity index (χ0) is 11.2. The van der Waals surface area contributed by atoms with E-state index in [4.69, 9.17) is 0 Å². The van der Waals surface area contributed by atoms with Crippen LogP contribution in [0.25, 0.3) is 0 Å². The fourth-order valence-electron chi connectivity index (χ4n) is 1.16. The fourth-order valence-corrected chi connectivity index (χ4v) is 1.16. The van der Waals surface area contributed by atoms with Gasteiger partial charge in [0.15, 0.2) is 0 Å². The minimum Gasteiger partial charge on any atom is -0.200 e. The van der Waals surface area contributed by atoms with E-state index >= 15 is 0 Å². The lowest BCUT2D eigenvalue weighted by Crippen LogP contribution is -2.40. The molecule has 0 aromatic carbocycles. The van der Waals surface area contributed by atoms with E-state index in [-0.39, 0.29) is 12.8 Å². The van der Waals surface area contributed by atoms with E-state index in [9.17, 15) is 17.6 Å². The maximum absolute atomic E-state index is 13.0. The van der Waals surface area contributed by atoms with Crippen molar-refractivity contribution in [1.82, 2.24) is 0 Å². The molecule has 0 saturated carbocycles. The number of hydrogen-bond acceptors (Lipinski definition) is 0. The van der Waals surface area contributed by atoms with Gasteiger partial charge in [-0.15, -0.1) is 0 Å². The highest BCUT2D eigenvalue weighted by Gasteiger charge is 2.54. The number of halogens is 4. The van der Waals surface area contributed by atoms with Crippen LogP contribution < -0.4 is 0 Å². The molecule has 0 N–H and O–H groups in total. The third kappa shape index (κ3) is 3.84. The van der Waals surface area contributed by atoms with E-state index in [2.05, 4.69) is 0 Å². The first-order valence-corrected chi connectivity index (χ1v) is 5.13. The molecule has 0 bridgehead atoms. The van der Waals surface area contributed by atoms with Crippen LogP contribution in [0.15, 0.2) is 0 Å². The molecule has 0 fully saturated rings. The summed E-state index contributed by atoms with van der Waals surface area (Å²) in [5, 5.41) is 0. The Kier molecular flexibility index (Phi) is 5.45. The minimum absolute atomic E-state index is 0.148. The molecule has 0 aromatic heterocycles. The van der Waals surface area contributed by atoms with E-state index in [0.717, 1.165) is 0 Å². The van der Waals surface area contributed by atoms with Gasteiger partial charge in [-0.05, 0) is 12.8 Å². The Hall–Kier alpha value is -0.280. The van der Waals surface area contributed by atoms with Gasteiger partial charge in [-0.2, -0.15) is 17.6 Å². The summed E-state index contributed by atoms with van der Waals surface area (Å²) in [6.07, 6.45) is -0.0945. The predicted octanol–water partition coefficient (Wildman–Crippen LogP) is 4.64. The van der Waals surface area contributed by atoms with Crippen molar-refractivity contribution in [3.8, 4) is 0 Å². The molecule has 0 aliphatic rings. The van der Waals surface area contributed by atoms with Gasteiger partial charge in [-0.25, -0.2) is 0 Å². The van der Waals surface area contributed by atoms with E-state index in [1.54, 1.807) is 13.8 Å². The molecular weight excluding hydrogens is 196 g/mol. The summed E-state index contributed by atoms with van der Waals surface area (Å²) in [4.78, 5) is 0. The Balaban J connectivity index is 4.20. The van der Waals surface area contributed by atoms with Gasteiger partial charge < -0.3 is 0 Å². The zero-order valence-electron chi connectivity index (χ0n) is 8.75. The Morgan fingerprint density at radius 3 is 1.21 bits per heavy atom. The van der Waals surface area contributed by atoms with Gasteiger partial charge in [0.1, 0.15) is 0 Å². The second kappa shape index (κ2) is 5.56. The molecule has 0 atom stereocenters. The van der Waals surface area contributed by atoms with Crippen LogP contribution >= 0.6 is 0 Å². The molecule has 0 unspecified atom stereocenters. The van der Waals surface area contributed by atoms with Crippen LogP contribution in [0.5, 0.6) is 0 Å². The number of alkyl halides is 4. The van der Waals surface area contributed by atoms with Gasteiger partial charge in [0.05, 0.1) is 0 Å². The SMILES string of the molecule is CCCCC(F)(F)C(F)(F)CCCC. The van der Waals surface area contributed by atoms with Crippen molar-refractivity contribution in [3.05, 3.63) is 0 Å². The first-order chi connectivity index (χ1) is 6.37. The molecule has 14 heavy (non-hydrogen) atoms. The predicted molar refractivity (Wildman–Crippen MR) is 48.9 cm³/mol. The van der Waals surface area contributed by atoms with Crippen molar-refractivity contribution in [3.63, 3.8) is 0 Å².